The van der Waals surface area contributed by atoms with Gasteiger partial charge in [-0.2, -0.15) is 0 Å². The summed E-state index contributed by atoms with van der Waals surface area (Å²) in [6, 6.07) is 16.6. The number of benzene rings is 2. The molecule has 2 atom stereocenters. The van der Waals surface area contributed by atoms with Crippen LogP contribution in [0.15, 0.2) is 59.5 Å². The van der Waals surface area contributed by atoms with Gasteiger partial charge in [0.2, 0.25) is 0 Å². The van der Waals surface area contributed by atoms with Crippen molar-refractivity contribution in [3.8, 4) is 5.75 Å². The molecule has 0 aliphatic rings. The molecule has 0 amide bonds. The number of hydrogen-bond donors (Lipinski definition) is 1. The van der Waals surface area contributed by atoms with E-state index in [-0.39, 0.29) is 6.04 Å². The van der Waals surface area contributed by atoms with Gasteiger partial charge in [-0.15, -0.1) is 0 Å². The van der Waals surface area contributed by atoms with Gasteiger partial charge in [0.15, 0.2) is 0 Å². The molecule has 2 unspecified atom stereocenters. The molecule has 2 rings (SSSR count). The Morgan fingerprint density at radius 1 is 1.11 bits per heavy atom. The van der Waals surface area contributed by atoms with Crippen molar-refractivity contribution in [1.29, 1.82) is 0 Å². The lowest BCUT2D eigenvalue weighted by atomic mass is 10.1. The Kier molecular flexibility index (Phi) is 4.71. The fourth-order valence-electron chi connectivity index (χ4n) is 1.89. The van der Waals surface area contributed by atoms with Crippen molar-refractivity contribution in [3.63, 3.8) is 0 Å². The van der Waals surface area contributed by atoms with Gasteiger partial charge >= 0.3 is 0 Å². The standard InChI is InChI=1S/C15H17NO2S/c1-18-15-10-6-5-9-13(15)14(16)11-19(17)12-7-3-2-4-8-12/h2-10,14H,11,16H2,1H3. The third kappa shape index (κ3) is 3.43. The predicted molar refractivity (Wildman–Crippen MR) is 77.6 cm³/mol. The van der Waals surface area contributed by atoms with Crippen LogP contribution in [0.4, 0.5) is 0 Å². The van der Waals surface area contributed by atoms with E-state index in [0.29, 0.717) is 5.75 Å². The van der Waals surface area contributed by atoms with Gasteiger partial charge in [0.05, 0.1) is 17.9 Å². The van der Waals surface area contributed by atoms with Gasteiger partial charge in [0.1, 0.15) is 5.75 Å². The maximum Gasteiger partial charge on any atom is 0.123 e. The normalized spacial score (nSPS) is 13.8. The van der Waals surface area contributed by atoms with Gasteiger partial charge in [-0.1, -0.05) is 36.4 Å². The SMILES string of the molecule is COc1ccccc1C(N)CS(=O)c1ccccc1. The van der Waals surface area contributed by atoms with E-state index in [0.717, 1.165) is 16.2 Å². The number of ether oxygens (including phenoxy) is 1. The molecule has 0 fully saturated rings. The smallest absolute Gasteiger partial charge is 0.123 e. The molecule has 0 radical (unpaired) electrons. The van der Waals surface area contributed by atoms with Crippen LogP contribution in [-0.4, -0.2) is 17.1 Å². The Balaban J connectivity index is 2.13. The van der Waals surface area contributed by atoms with E-state index in [1.165, 1.54) is 0 Å². The van der Waals surface area contributed by atoms with Crippen molar-refractivity contribution in [2.24, 2.45) is 5.73 Å². The van der Waals surface area contributed by atoms with Gasteiger partial charge < -0.3 is 10.5 Å². The average molecular weight is 275 g/mol. The molecule has 0 aliphatic carbocycles. The summed E-state index contributed by atoms with van der Waals surface area (Å²) in [4.78, 5) is 0.799. The molecular formula is C15H17NO2S. The number of nitrogens with two attached hydrogens (primary N) is 1. The molecule has 2 aromatic carbocycles. The maximum atomic E-state index is 12.2. The van der Waals surface area contributed by atoms with Crippen LogP contribution in [0.25, 0.3) is 0 Å². The summed E-state index contributed by atoms with van der Waals surface area (Å²) < 4.78 is 17.5. The predicted octanol–water partition coefficient (Wildman–Crippen LogP) is 2.50. The number of hydrogen-bond acceptors (Lipinski definition) is 3. The highest BCUT2D eigenvalue weighted by Crippen LogP contribution is 2.24. The molecule has 0 spiro atoms. The Bertz CT molecular complexity index is 557. The van der Waals surface area contributed by atoms with Crippen molar-refractivity contribution >= 4 is 10.8 Å². The molecule has 2 N–H and O–H groups in total. The Hall–Kier alpha value is -1.65. The number of methoxy groups -OCH3 is 1. The summed E-state index contributed by atoms with van der Waals surface area (Å²) in [6.45, 7) is 0. The Morgan fingerprint density at radius 3 is 2.42 bits per heavy atom. The van der Waals surface area contributed by atoms with Crippen molar-refractivity contribution in [1.82, 2.24) is 0 Å². The minimum Gasteiger partial charge on any atom is -0.496 e. The van der Waals surface area contributed by atoms with Gasteiger partial charge in [0.25, 0.3) is 0 Å². The summed E-state index contributed by atoms with van der Waals surface area (Å²) in [6.07, 6.45) is 0. The minimum absolute atomic E-state index is 0.308. The fourth-order valence-corrected chi connectivity index (χ4v) is 3.05. The Labute approximate surface area is 115 Å². The Morgan fingerprint density at radius 2 is 1.74 bits per heavy atom. The molecule has 100 valence electrons. The topological polar surface area (TPSA) is 52.3 Å². The monoisotopic (exact) mass is 275 g/mol. The average Bonchev–Trinajstić information content (AvgIpc) is 2.48. The highest BCUT2D eigenvalue weighted by Gasteiger charge is 2.15. The summed E-state index contributed by atoms with van der Waals surface area (Å²) in [5, 5.41) is 0. The molecule has 0 aromatic heterocycles. The van der Waals surface area contributed by atoms with E-state index in [2.05, 4.69) is 0 Å². The van der Waals surface area contributed by atoms with Crippen LogP contribution in [0.5, 0.6) is 5.75 Å². The fraction of sp³-hybridized carbons (Fsp3) is 0.200. The minimum atomic E-state index is -1.10. The lowest BCUT2D eigenvalue weighted by Gasteiger charge is -2.15. The lowest BCUT2D eigenvalue weighted by Crippen LogP contribution is -2.19. The van der Waals surface area contributed by atoms with Crippen LogP contribution < -0.4 is 10.5 Å². The molecular weight excluding hydrogens is 258 g/mol. The second kappa shape index (κ2) is 6.50. The summed E-state index contributed by atoms with van der Waals surface area (Å²) in [7, 11) is 0.506. The third-order valence-corrected chi connectivity index (χ3v) is 4.34. The zero-order chi connectivity index (χ0) is 13.7. The van der Waals surface area contributed by atoms with Gasteiger partial charge in [-0.25, -0.2) is 0 Å². The quantitative estimate of drug-likeness (QED) is 0.912. The molecule has 0 heterocycles. The van der Waals surface area contributed by atoms with E-state index in [1.807, 2.05) is 54.6 Å². The van der Waals surface area contributed by atoms with Crippen LogP contribution in [0.2, 0.25) is 0 Å². The van der Waals surface area contributed by atoms with Crippen LogP contribution >= 0.6 is 0 Å². The molecule has 0 saturated carbocycles. The summed E-state index contributed by atoms with van der Waals surface area (Å²) >= 11 is 0. The second-order valence-electron chi connectivity index (χ2n) is 4.17. The highest BCUT2D eigenvalue weighted by atomic mass is 32.2. The third-order valence-electron chi connectivity index (χ3n) is 2.88. The molecule has 0 aliphatic heterocycles. The molecule has 19 heavy (non-hydrogen) atoms. The first kappa shape index (κ1) is 13.8. The van der Waals surface area contributed by atoms with E-state index >= 15 is 0 Å². The zero-order valence-corrected chi connectivity index (χ0v) is 11.6. The number of para-hydroxylation sites is 1. The lowest BCUT2D eigenvalue weighted by molar-refractivity contribution is 0.407. The second-order valence-corrected chi connectivity index (χ2v) is 5.67. The first-order chi connectivity index (χ1) is 9.22. The van der Waals surface area contributed by atoms with E-state index < -0.39 is 10.8 Å². The van der Waals surface area contributed by atoms with Crippen molar-refractivity contribution < 1.29 is 8.95 Å². The van der Waals surface area contributed by atoms with Gasteiger partial charge in [0, 0.05) is 22.3 Å². The van der Waals surface area contributed by atoms with E-state index in [1.54, 1.807) is 7.11 Å². The molecule has 0 bridgehead atoms. The molecule has 0 saturated heterocycles. The number of rotatable bonds is 5. The van der Waals surface area contributed by atoms with Crippen LogP contribution in [0.3, 0.4) is 0 Å². The van der Waals surface area contributed by atoms with Crippen LogP contribution in [-0.2, 0) is 10.8 Å². The van der Waals surface area contributed by atoms with Gasteiger partial charge in [-0.3, -0.25) is 4.21 Å². The summed E-state index contributed by atoms with van der Waals surface area (Å²) in [5.74, 6) is 1.12. The molecule has 2 aromatic rings. The summed E-state index contributed by atoms with van der Waals surface area (Å²) in [5.41, 5.74) is 7.02. The van der Waals surface area contributed by atoms with E-state index in [4.69, 9.17) is 10.5 Å². The van der Waals surface area contributed by atoms with Crippen molar-refractivity contribution in [3.05, 3.63) is 60.2 Å². The largest absolute Gasteiger partial charge is 0.496 e. The van der Waals surface area contributed by atoms with Crippen LogP contribution in [0.1, 0.15) is 11.6 Å². The first-order valence-corrected chi connectivity index (χ1v) is 7.36. The van der Waals surface area contributed by atoms with E-state index in [9.17, 15) is 4.21 Å². The maximum absolute atomic E-state index is 12.2. The van der Waals surface area contributed by atoms with Crippen molar-refractivity contribution in [2.75, 3.05) is 12.9 Å². The first-order valence-electron chi connectivity index (χ1n) is 6.04. The van der Waals surface area contributed by atoms with Crippen molar-refractivity contribution in [2.45, 2.75) is 10.9 Å². The highest BCUT2D eigenvalue weighted by molar-refractivity contribution is 7.85. The van der Waals surface area contributed by atoms with Gasteiger partial charge in [-0.05, 0) is 18.2 Å². The van der Waals surface area contributed by atoms with Crippen LogP contribution in [0, 0.1) is 0 Å². The zero-order valence-electron chi connectivity index (χ0n) is 10.8. The molecule has 4 heteroatoms. The molecule has 3 nitrogen and oxygen atoms in total.